The molecule has 0 amide bonds. The highest BCUT2D eigenvalue weighted by Gasteiger charge is 2.28. The maximum atomic E-state index is 5.56. The van der Waals surface area contributed by atoms with Crippen LogP contribution >= 0.6 is 0 Å². The van der Waals surface area contributed by atoms with Gasteiger partial charge < -0.3 is 5.32 Å². The van der Waals surface area contributed by atoms with Gasteiger partial charge in [-0.25, -0.2) is 0 Å². The van der Waals surface area contributed by atoms with Gasteiger partial charge >= 0.3 is 0 Å². The molecule has 6 rings (SSSR count). The Hall–Kier alpha value is -4.32. The molecule has 0 unspecified atom stereocenters. The molecule has 0 atom stereocenters. The predicted molar refractivity (Wildman–Crippen MR) is 183 cm³/mol. The van der Waals surface area contributed by atoms with Gasteiger partial charge in [0.15, 0.2) is 0 Å². The molecule has 2 aliphatic carbocycles. The van der Waals surface area contributed by atoms with Crippen LogP contribution in [-0.2, 0) is 19.3 Å². The molecule has 1 fully saturated rings. The number of fused-ring (bicyclic) bond motifs is 1. The second-order valence-corrected chi connectivity index (χ2v) is 12.4. The molecule has 1 saturated heterocycles. The van der Waals surface area contributed by atoms with Gasteiger partial charge in [0.1, 0.15) is 0 Å². The molecule has 0 saturated carbocycles. The van der Waals surface area contributed by atoms with Crippen molar-refractivity contribution in [2.45, 2.75) is 40.0 Å². The summed E-state index contributed by atoms with van der Waals surface area (Å²) in [6, 6.07) is 18.4. The van der Waals surface area contributed by atoms with Gasteiger partial charge in [-0.05, 0) is 119 Å². The standard InChI is InChI=1S/C41H42N2/c1-7-27(2)37-25-43(26-37)24-31-14-16-34(23-38(42-6)19-15-31)39-11-9-13-41(30(39)5)40-12-8-10-32(29(40)4)17-18-33-21-36-22-35(36)20-28(33)3/h1,8-16,19-21,23,37,42H,2,17-18,22,24-26H2,3-6H3/b16-14?,19-15?,31-14?,31-15?,34-16?,34-23-,38-19-,38-23?. The van der Waals surface area contributed by atoms with E-state index in [0.29, 0.717) is 5.92 Å². The molecule has 1 heterocycles. The van der Waals surface area contributed by atoms with Crippen LogP contribution in [0.15, 0.2) is 102 Å². The molecule has 2 nitrogen and oxygen atoms in total. The van der Waals surface area contributed by atoms with E-state index in [4.69, 9.17) is 6.42 Å². The number of nitrogens with one attached hydrogen (secondary N) is 1. The van der Waals surface area contributed by atoms with Gasteiger partial charge in [0.05, 0.1) is 0 Å². The highest BCUT2D eigenvalue weighted by atomic mass is 15.2. The summed E-state index contributed by atoms with van der Waals surface area (Å²) >= 11 is 0. The first-order chi connectivity index (χ1) is 20.8. The van der Waals surface area contributed by atoms with Crippen molar-refractivity contribution in [3.63, 3.8) is 0 Å². The second-order valence-electron chi connectivity index (χ2n) is 12.4. The van der Waals surface area contributed by atoms with Crippen molar-refractivity contribution in [3.05, 3.63) is 147 Å². The Morgan fingerprint density at radius 2 is 1.60 bits per heavy atom. The van der Waals surface area contributed by atoms with E-state index in [0.717, 1.165) is 43.7 Å². The Balaban J connectivity index is 1.24. The zero-order valence-corrected chi connectivity index (χ0v) is 26.1. The lowest BCUT2D eigenvalue weighted by atomic mass is 9.87. The third-order valence-electron chi connectivity index (χ3n) is 9.55. The molecule has 3 aliphatic rings. The van der Waals surface area contributed by atoms with E-state index in [1.165, 1.54) is 73.2 Å². The predicted octanol–water partition coefficient (Wildman–Crippen LogP) is 8.07. The topological polar surface area (TPSA) is 15.3 Å². The average Bonchev–Trinajstić information content (AvgIpc) is 3.73. The number of benzene rings is 3. The Kier molecular flexibility index (Phi) is 8.11. The number of likely N-dealkylation sites (tertiary alicyclic amines) is 1. The summed E-state index contributed by atoms with van der Waals surface area (Å²) in [6.45, 7) is 13.7. The Labute approximate surface area is 258 Å². The summed E-state index contributed by atoms with van der Waals surface area (Å²) in [5.41, 5.74) is 18.5. The third-order valence-corrected chi connectivity index (χ3v) is 9.55. The van der Waals surface area contributed by atoms with Gasteiger partial charge in [0, 0.05) is 43.9 Å². The van der Waals surface area contributed by atoms with Gasteiger partial charge in [-0.2, -0.15) is 0 Å². The first-order valence-corrected chi connectivity index (χ1v) is 15.5. The fourth-order valence-corrected chi connectivity index (χ4v) is 6.59. The molecule has 2 heteroatoms. The van der Waals surface area contributed by atoms with Crippen LogP contribution in [0, 0.1) is 39.0 Å². The van der Waals surface area contributed by atoms with Gasteiger partial charge in [-0.15, -0.1) is 6.42 Å². The van der Waals surface area contributed by atoms with Crippen LogP contribution in [-0.4, -0.2) is 31.6 Å². The SMILES string of the molecule is C#CC(=C)C1CN(CC2=C/C=C(NC)/C=C(\c3cccc(-c4cccc(CCc5cc6c(cc5C)C6)c4C)c3C)C=C2)C1. The van der Waals surface area contributed by atoms with Crippen LogP contribution in [0.5, 0.6) is 0 Å². The average molecular weight is 563 g/mol. The molecular formula is C41H42N2. The summed E-state index contributed by atoms with van der Waals surface area (Å²) in [7, 11) is 1.99. The maximum Gasteiger partial charge on any atom is 0.0343 e. The van der Waals surface area contributed by atoms with E-state index in [9.17, 15) is 0 Å². The van der Waals surface area contributed by atoms with Gasteiger partial charge in [0.25, 0.3) is 0 Å². The molecule has 1 N–H and O–H groups in total. The van der Waals surface area contributed by atoms with Crippen LogP contribution in [0.3, 0.4) is 0 Å². The number of allylic oxidation sites excluding steroid dienone is 5. The summed E-state index contributed by atoms with van der Waals surface area (Å²) in [5, 5.41) is 3.38. The van der Waals surface area contributed by atoms with Crippen molar-refractivity contribution >= 4 is 5.57 Å². The van der Waals surface area contributed by atoms with E-state index in [-0.39, 0.29) is 0 Å². The lowest BCUT2D eigenvalue weighted by Crippen LogP contribution is -2.47. The minimum Gasteiger partial charge on any atom is -0.388 e. The van der Waals surface area contributed by atoms with E-state index >= 15 is 0 Å². The highest BCUT2D eigenvalue weighted by Crippen LogP contribution is 2.35. The van der Waals surface area contributed by atoms with Crippen LogP contribution in [0.25, 0.3) is 16.7 Å². The van der Waals surface area contributed by atoms with Crippen molar-refractivity contribution in [2.24, 2.45) is 5.92 Å². The van der Waals surface area contributed by atoms with Crippen molar-refractivity contribution in [2.75, 3.05) is 26.7 Å². The van der Waals surface area contributed by atoms with Gasteiger partial charge in [-0.3, -0.25) is 4.90 Å². The molecule has 43 heavy (non-hydrogen) atoms. The zero-order valence-electron chi connectivity index (χ0n) is 26.1. The summed E-state index contributed by atoms with van der Waals surface area (Å²) in [4.78, 5) is 2.44. The normalized spacial score (nSPS) is 18.5. The Morgan fingerprint density at radius 1 is 0.907 bits per heavy atom. The first kappa shape index (κ1) is 28.8. The maximum absolute atomic E-state index is 5.56. The smallest absolute Gasteiger partial charge is 0.0343 e. The number of aryl methyl sites for hydroxylation is 3. The van der Waals surface area contributed by atoms with Crippen molar-refractivity contribution < 1.29 is 0 Å². The van der Waals surface area contributed by atoms with E-state index in [2.05, 4.69) is 122 Å². The van der Waals surface area contributed by atoms with Crippen LogP contribution in [0.1, 0.15) is 44.5 Å². The molecule has 3 aromatic rings. The van der Waals surface area contributed by atoms with E-state index in [1.807, 2.05) is 7.05 Å². The first-order valence-electron chi connectivity index (χ1n) is 15.5. The molecule has 1 aliphatic heterocycles. The minimum absolute atomic E-state index is 0.420. The molecule has 0 bridgehead atoms. The van der Waals surface area contributed by atoms with Crippen molar-refractivity contribution in [3.8, 4) is 23.5 Å². The van der Waals surface area contributed by atoms with Crippen LogP contribution in [0.2, 0.25) is 0 Å². The second kappa shape index (κ2) is 12.1. The quantitative estimate of drug-likeness (QED) is 0.208. The molecule has 3 aromatic carbocycles. The summed E-state index contributed by atoms with van der Waals surface area (Å²) in [5.74, 6) is 3.14. The van der Waals surface area contributed by atoms with Crippen LogP contribution in [0.4, 0.5) is 0 Å². The molecule has 0 spiro atoms. The largest absolute Gasteiger partial charge is 0.388 e. The summed E-state index contributed by atoms with van der Waals surface area (Å²) < 4.78 is 0. The van der Waals surface area contributed by atoms with Gasteiger partial charge in [-0.1, -0.05) is 79.3 Å². The fraction of sp³-hybridized carbons (Fsp3) is 0.268. The Bertz CT molecular complexity index is 1760. The fourth-order valence-electron chi connectivity index (χ4n) is 6.59. The lowest BCUT2D eigenvalue weighted by molar-refractivity contribution is 0.141. The molecule has 0 aromatic heterocycles. The zero-order chi connectivity index (χ0) is 30.1. The number of likely N-dealkylation sites (N-methyl/N-ethyl adjacent to an activating group) is 1. The molecule has 0 radical (unpaired) electrons. The van der Waals surface area contributed by atoms with Crippen LogP contribution < -0.4 is 5.32 Å². The van der Waals surface area contributed by atoms with E-state index < -0.39 is 0 Å². The number of nitrogens with zero attached hydrogens (tertiary/aromatic N) is 1. The van der Waals surface area contributed by atoms with E-state index in [1.54, 1.807) is 0 Å². The highest BCUT2D eigenvalue weighted by molar-refractivity contribution is 5.84. The van der Waals surface area contributed by atoms with Crippen molar-refractivity contribution in [1.29, 1.82) is 0 Å². The molecular weight excluding hydrogens is 520 g/mol. The monoisotopic (exact) mass is 562 g/mol. The summed E-state index contributed by atoms with van der Waals surface area (Å²) in [6.07, 6.45) is 20.1. The number of terminal acetylenes is 1. The third kappa shape index (κ3) is 6.10. The number of hydrogen-bond donors (Lipinski definition) is 1. The van der Waals surface area contributed by atoms with Crippen molar-refractivity contribution in [1.82, 2.24) is 10.2 Å². The molecule has 216 valence electrons. The minimum atomic E-state index is 0.420. The Morgan fingerprint density at radius 3 is 2.37 bits per heavy atom. The van der Waals surface area contributed by atoms with Gasteiger partial charge in [0.2, 0.25) is 0 Å². The lowest BCUT2D eigenvalue weighted by Gasteiger charge is -2.39. The number of hydrogen-bond acceptors (Lipinski definition) is 2. The number of rotatable bonds is 9.